The molecule has 1 aromatic heterocycles. The summed E-state index contributed by atoms with van der Waals surface area (Å²) in [6.45, 7) is 2.54. The molecule has 0 saturated carbocycles. The molecule has 0 spiro atoms. The lowest BCUT2D eigenvalue weighted by Gasteiger charge is -1.94. The second-order valence-corrected chi connectivity index (χ2v) is 3.59. The van der Waals surface area contributed by atoms with Gasteiger partial charge in [0.05, 0.1) is 0 Å². The van der Waals surface area contributed by atoms with Gasteiger partial charge in [-0.25, -0.2) is 0 Å². The number of carbonyl (C=O) groups excluding carboxylic acids is 1. The third-order valence-corrected chi connectivity index (χ3v) is 2.55. The number of carbonyl (C=O) groups is 1. The lowest BCUT2D eigenvalue weighted by molar-refractivity contribution is 0.0965. The van der Waals surface area contributed by atoms with Gasteiger partial charge in [-0.3, -0.25) is 4.79 Å². The first-order valence-electron chi connectivity index (χ1n) is 4.55. The summed E-state index contributed by atoms with van der Waals surface area (Å²) < 4.78 is 5.46. The van der Waals surface area contributed by atoms with Crippen LogP contribution in [0.4, 0.5) is 0 Å². The monoisotopic (exact) mass is 187 g/mol. The van der Waals surface area contributed by atoms with Crippen molar-refractivity contribution in [2.45, 2.75) is 13.5 Å². The maximum Gasteiger partial charge on any atom is 0.252 e. The number of amides is 1. The van der Waals surface area contributed by atoms with Crippen LogP contribution in [0.3, 0.4) is 0 Å². The molecule has 1 N–H and O–H groups in total. The normalized spacial score (nSPS) is 14.5. The fourth-order valence-corrected chi connectivity index (χ4v) is 1.90. The summed E-state index contributed by atoms with van der Waals surface area (Å²) in [6, 6.07) is 5.82. The van der Waals surface area contributed by atoms with Crippen molar-refractivity contribution in [1.82, 2.24) is 5.32 Å². The molecule has 70 valence electrons. The van der Waals surface area contributed by atoms with Crippen LogP contribution in [0.25, 0.3) is 11.0 Å². The van der Waals surface area contributed by atoms with Crippen molar-refractivity contribution in [3.05, 3.63) is 35.1 Å². The zero-order valence-electron chi connectivity index (χ0n) is 7.76. The second kappa shape index (κ2) is 2.38. The maximum atomic E-state index is 11.4. The maximum absolute atomic E-state index is 11.4. The van der Waals surface area contributed by atoms with E-state index in [0.29, 0.717) is 6.54 Å². The Hall–Kier alpha value is -1.77. The summed E-state index contributed by atoms with van der Waals surface area (Å²) in [7, 11) is 0. The van der Waals surface area contributed by atoms with E-state index in [9.17, 15) is 4.79 Å². The molecule has 0 aliphatic carbocycles. The topological polar surface area (TPSA) is 42.2 Å². The Labute approximate surface area is 80.7 Å². The van der Waals surface area contributed by atoms with Crippen LogP contribution in [-0.4, -0.2) is 5.91 Å². The molecule has 1 aromatic carbocycles. The minimum absolute atomic E-state index is 0.00375. The Morgan fingerprint density at radius 2 is 2.21 bits per heavy atom. The minimum Gasteiger partial charge on any atom is -0.461 e. The van der Waals surface area contributed by atoms with E-state index in [0.717, 1.165) is 27.9 Å². The molecule has 3 heteroatoms. The molecule has 1 aliphatic heterocycles. The van der Waals surface area contributed by atoms with Gasteiger partial charge >= 0.3 is 0 Å². The zero-order valence-corrected chi connectivity index (χ0v) is 7.76. The highest BCUT2D eigenvalue weighted by atomic mass is 16.3. The first kappa shape index (κ1) is 7.62. The summed E-state index contributed by atoms with van der Waals surface area (Å²) >= 11 is 0. The minimum atomic E-state index is -0.00375. The van der Waals surface area contributed by atoms with Crippen LogP contribution in [0, 0.1) is 6.92 Å². The van der Waals surface area contributed by atoms with E-state index in [1.807, 2.05) is 25.1 Å². The standard InChI is InChI=1S/C11H9NO2/c1-6-2-7-3-8-5-12-11(13)9(8)4-10(7)14-6/h2-4H,5H2,1H3,(H,12,13). The van der Waals surface area contributed by atoms with Gasteiger partial charge in [0.15, 0.2) is 0 Å². The Morgan fingerprint density at radius 1 is 1.36 bits per heavy atom. The molecule has 2 heterocycles. The Bertz CT molecular complexity index is 539. The fraction of sp³-hybridized carbons (Fsp3) is 0.182. The fourth-order valence-electron chi connectivity index (χ4n) is 1.90. The molecule has 2 aromatic rings. The van der Waals surface area contributed by atoms with Crippen LogP contribution in [0.2, 0.25) is 0 Å². The molecule has 0 atom stereocenters. The van der Waals surface area contributed by atoms with Gasteiger partial charge < -0.3 is 9.73 Å². The highest BCUT2D eigenvalue weighted by Gasteiger charge is 2.20. The number of aryl methyl sites for hydroxylation is 1. The largest absolute Gasteiger partial charge is 0.461 e. The van der Waals surface area contributed by atoms with Crippen molar-refractivity contribution in [2.24, 2.45) is 0 Å². The van der Waals surface area contributed by atoms with Crippen molar-refractivity contribution < 1.29 is 9.21 Å². The molecular weight excluding hydrogens is 178 g/mol. The van der Waals surface area contributed by atoms with E-state index in [1.165, 1.54) is 0 Å². The van der Waals surface area contributed by atoms with E-state index >= 15 is 0 Å². The Balaban J connectivity index is 2.36. The van der Waals surface area contributed by atoms with Crippen molar-refractivity contribution in [1.29, 1.82) is 0 Å². The lowest BCUT2D eigenvalue weighted by Crippen LogP contribution is -2.12. The van der Waals surface area contributed by atoms with E-state index < -0.39 is 0 Å². The third-order valence-electron chi connectivity index (χ3n) is 2.55. The number of benzene rings is 1. The first-order chi connectivity index (χ1) is 6.74. The van der Waals surface area contributed by atoms with Crippen LogP contribution < -0.4 is 5.32 Å². The van der Waals surface area contributed by atoms with Crippen molar-refractivity contribution >= 4 is 16.9 Å². The van der Waals surface area contributed by atoms with E-state index in [4.69, 9.17) is 4.42 Å². The quantitative estimate of drug-likeness (QED) is 0.685. The number of hydrogen-bond acceptors (Lipinski definition) is 2. The van der Waals surface area contributed by atoms with Crippen molar-refractivity contribution in [2.75, 3.05) is 0 Å². The lowest BCUT2D eigenvalue weighted by atomic mass is 10.1. The van der Waals surface area contributed by atoms with E-state index in [-0.39, 0.29) is 5.91 Å². The number of hydrogen-bond donors (Lipinski definition) is 1. The predicted molar refractivity (Wildman–Crippen MR) is 52.1 cm³/mol. The van der Waals surface area contributed by atoms with Crippen LogP contribution in [0.1, 0.15) is 21.7 Å². The second-order valence-electron chi connectivity index (χ2n) is 3.59. The van der Waals surface area contributed by atoms with Crippen LogP contribution in [-0.2, 0) is 6.54 Å². The molecule has 1 aliphatic rings. The summed E-state index contributed by atoms with van der Waals surface area (Å²) in [6.07, 6.45) is 0. The molecular formula is C11H9NO2. The molecule has 14 heavy (non-hydrogen) atoms. The van der Waals surface area contributed by atoms with Crippen molar-refractivity contribution in [3.63, 3.8) is 0 Å². The molecule has 1 amide bonds. The van der Waals surface area contributed by atoms with Crippen LogP contribution in [0.5, 0.6) is 0 Å². The van der Waals surface area contributed by atoms with Gasteiger partial charge in [0.1, 0.15) is 11.3 Å². The Kier molecular flexibility index (Phi) is 1.29. The number of rotatable bonds is 0. The van der Waals surface area contributed by atoms with Gasteiger partial charge in [0.2, 0.25) is 0 Å². The van der Waals surface area contributed by atoms with Gasteiger partial charge in [-0.05, 0) is 30.7 Å². The van der Waals surface area contributed by atoms with Gasteiger partial charge in [-0.1, -0.05) is 0 Å². The average Bonchev–Trinajstić information content (AvgIpc) is 2.66. The van der Waals surface area contributed by atoms with Crippen molar-refractivity contribution in [3.8, 4) is 0 Å². The predicted octanol–water partition coefficient (Wildman–Crippen LogP) is 1.98. The van der Waals surface area contributed by atoms with Gasteiger partial charge in [0, 0.05) is 17.5 Å². The smallest absolute Gasteiger partial charge is 0.252 e. The van der Waals surface area contributed by atoms with E-state index in [2.05, 4.69) is 5.32 Å². The zero-order chi connectivity index (χ0) is 9.71. The molecule has 3 nitrogen and oxygen atoms in total. The molecule has 3 rings (SSSR count). The Morgan fingerprint density at radius 3 is 3.07 bits per heavy atom. The molecule has 0 radical (unpaired) electrons. The third kappa shape index (κ3) is 0.894. The average molecular weight is 187 g/mol. The number of nitrogens with one attached hydrogen (secondary N) is 1. The molecule has 0 fully saturated rings. The van der Waals surface area contributed by atoms with Crippen LogP contribution in [0.15, 0.2) is 22.6 Å². The van der Waals surface area contributed by atoms with Gasteiger partial charge in [-0.2, -0.15) is 0 Å². The summed E-state index contributed by atoms with van der Waals surface area (Å²) in [5.74, 6) is 0.875. The van der Waals surface area contributed by atoms with Crippen LogP contribution >= 0.6 is 0 Å². The molecule has 0 bridgehead atoms. The SMILES string of the molecule is Cc1cc2cc3c(cc2o1)C(=O)NC3. The number of furan rings is 1. The van der Waals surface area contributed by atoms with Gasteiger partial charge in [0.25, 0.3) is 5.91 Å². The van der Waals surface area contributed by atoms with Gasteiger partial charge in [-0.15, -0.1) is 0 Å². The van der Waals surface area contributed by atoms with E-state index in [1.54, 1.807) is 0 Å². The molecule has 0 unspecified atom stereocenters. The number of fused-ring (bicyclic) bond motifs is 2. The summed E-state index contributed by atoms with van der Waals surface area (Å²) in [5, 5.41) is 3.85. The highest BCUT2D eigenvalue weighted by Crippen LogP contribution is 2.25. The first-order valence-corrected chi connectivity index (χ1v) is 4.55. The molecule has 0 saturated heterocycles. The highest BCUT2D eigenvalue weighted by molar-refractivity contribution is 6.01. The summed E-state index contributed by atoms with van der Waals surface area (Å²) in [5.41, 5.74) is 2.59. The summed E-state index contributed by atoms with van der Waals surface area (Å²) in [4.78, 5) is 11.4.